The normalized spacial score (nSPS) is 43.6. The molecular formula is C10H14O2. The Morgan fingerprint density at radius 2 is 2.08 bits per heavy atom. The Balaban J connectivity index is 2.38. The standard InChI is InChI=1S/C10H14O2/c1-6-7-4-5-8(12-7)10(2,3)9(6)11/h4-8H,1-3H3/t6-,7+,8+/m0/s1. The highest BCUT2D eigenvalue weighted by Gasteiger charge is 2.49. The van der Waals surface area contributed by atoms with Crippen molar-refractivity contribution >= 4 is 5.78 Å². The van der Waals surface area contributed by atoms with Gasteiger partial charge in [-0.2, -0.15) is 0 Å². The largest absolute Gasteiger partial charge is 0.365 e. The second-order valence-electron chi connectivity index (χ2n) is 4.28. The molecule has 2 heteroatoms. The van der Waals surface area contributed by atoms with Crippen LogP contribution in [0.15, 0.2) is 12.2 Å². The SMILES string of the molecule is C[C@@H]1C(=O)C(C)(C)[C@H]2C=C[C@H]1O2. The van der Waals surface area contributed by atoms with Crippen molar-refractivity contribution in [2.75, 3.05) is 0 Å². The summed E-state index contributed by atoms with van der Waals surface area (Å²) in [6.45, 7) is 5.87. The Morgan fingerprint density at radius 3 is 2.75 bits per heavy atom. The van der Waals surface area contributed by atoms with Crippen LogP contribution in [-0.4, -0.2) is 18.0 Å². The Labute approximate surface area is 72.6 Å². The van der Waals surface area contributed by atoms with Crippen LogP contribution >= 0.6 is 0 Å². The summed E-state index contributed by atoms with van der Waals surface area (Å²) in [5.74, 6) is 0.351. The van der Waals surface area contributed by atoms with E-state index in [2.05, 4.69) is 0 Å². The van der Waals surface area contributed by atoms with Crippen molar-refractivity contribution < 1.29 is 9.53 Å². The fourth-order valence-electron chi connectivity index (χ4n) is 2.04. The van der Waals surface area contributed by atoms with Gasteiger partial charge in [0.2, 0.25) is 0 Å². The summed E-state index contributed by atoms with van der Waals surface area (Å²) in [6, 6.07) is 0. The van der Waals surface area contributed by atoms with Gasteiger partial charge in [0.1, 0.15) is 5.78 Å². The van der Waals surface area contributed by atoms with Crippen LogP contribution in [0.3, 0.4) is 0 Å². The molecule has 2 bridgehead atoms. The lowest BCUT2D eigenvalue weighted by Crippen LogP contribution is -2.48. The van der Waals surface area contributed by atoms with Gasteiger partial charge in [-0.25, -0.2) is 0 Å². The van der Waals surface area contributed by atoms with E-state index in [9.17, 15) is 4.79 Å². The van der Waals surface area contributed by atoms with Crippen LogP contribution in [0.25, 0.3) is 0 Å². The molecular weight excluding hydrogens is 152 g/mol. The van der Waals surface area contributed by atoms with E-state index in [1.807, 2.05) is 32.9 Å². The first-order valence-corrected chi connectivity index (χ1v) is 4.41. The van der Waals surface area contributed by atoms with Gasteiger partial charge in [0.15, 0.2) is 0 Å². The second kappa shape index (κ2) is 2.19. The van der Waals surface area contributed by atoms with Crippen molar-refractivity contribution in [2.24, 2.45) is 11.3 Å². The van der Waals surface area contributed by atoms with Crippen molar-refractivity contribution in [1.29, 1.82) is 0 Å². The van der Waals surface area contributed by atoms with E-state index in [4.69, 9.17) is 4.74 Å². The fraction of sp³-hybridized carbons (Fsp3) is 0.700. The van der Waals surface area contributed by atoms with Crippen molar-refractivity contribution in [3.05, 3.63) is 12.2 Å². The van der Waals surface area contributed by atoms with Crippen LogP contribution in [-0.2, 0) is 9.53 Å². The number of ether oxygens (including phenoxy) is 1. The van der Waals surface area contributed by atoms with Crippen LogP contribution in [0.5, 0.6) is 0 Å². The highest BCUT2D eigenvalue weighted by atomic mass is 16.5. The number of Topliss-reactive ketones (excluding diaryl/α,β-unsaturated/α-hetero) is 1. The van der Waals surface area contributed by atoms with Crippen LogP contribution < -0.4 is 0 Å². The maximum absolute atomic E-state index is 11.8. The number of carbonyl (C=O) groups is 1. The first kappa shape index (κ1) is 7.99. The van der Waals surface area contributed by atoms with Gasteiger partial charge in [0.25, 0.3) is 0 Å². The van der Waals surface area contributed by atoms with Crippen LogP contribution in [0, 0.1) is 11.3 Å². The molecule has 12 heavy (non-hydrogen) atoms. The molecule has 3 atom stereocenters. The van der Waals surface area contributed by atoms with Gasteiger partial charge in [-0.05, 0) is 0 Å². The molecule has 0 unspecified atom stereocenters. The molecule has 0 aliphatic carbocycles. The van der Waals surface area contributed by atoms with E-state index in [-0.39, 0.29) is 23.5 Å². The van der Waals surface area contributed by atoms with E-state index < -0.39 is 0 Å². The van der Waals surface area contributed by atoms with Crippen LogP contribution in [0.4, 0.5) is 0 Å². The Bertz CT molecular complexity index is 253. The van der Waals surface area contributed by atoms with Gasteiger partial charge >= 0.3 is 0 Å². The van der Waals surface area contributed by atoms with E-state index in [1.165, 1.54) is 0 Å². The minimum Gasteiger partial charge on any atom is -0.365 e. The average molecular weight is 166 g/mol. The van der Waals surface area contributed by atoms with E-state index in [0.717, 1.165) is 0 Å². The summed E-state index contributed by atoms with van der Waals surface area (Å²) in [5, 5.41) is 0. The highest BCUT2D eigenvalue weighted by Crippen LogP contribution is 2.40. The number of fused-ring (bicyclic) bond motifs is 2. The third-order valence-corrected chi connectivity index (χ3v) is 3.03. The monoisotopic (exact) mass is 166 g/mol. The van der Waals surface area contributed by atoms with Crippen LogP contribution in [0.1, 0.15) is 20.8 Å². The summed E-state index contributed by atoms with van der Waals surface area (Å²) >= 11 is 0. The zero-order chi connectivity index (χ0) is 8.93. The smallest absolute Gasteiger partial charge is 0.147 e. The predicted octanol–water partition coefficient (Wildman–Crippen LogP) is 1.55. The molecule has 2 aliphatic rings. The third kappa shape index (κ3) is 0.816. The predicted molar refractivity (Wildman–Crippen MR) is 45.8 cm³/mol. The van der Waals surface area contributed by atoms with E-state index in [0.29, 0.717) is 5.78 Å². The maximum Gasteiger partial charge on any atom is 0.147 e. The summed E-state index contributed by atoms with van der Waals surface area (Å²) in [4.78, 5) is 11.8. The zero-order valence-electron chi connectivity index (χ0n) is 7.70. The van der Waals surface area contributed by atoms with Gasteiger partial charge in [-0.15, -0.1) is 0 Å². The molecule has 2 heterocycles. The number of hydrogen-bond donors (Lipinski definition) is 0. The molecule has 0 saturated carbocycles. The molecule has 2 rings (SSSR count). The van der Waals surface area contributed by atoms with Gasteiger partial charge in [0, 0.05) is 5.92 Å². The van der Waals surface area contributed by atoms with Crippen LogP contribution in [0.2, 0.25) is 0 Å². The second-order valence-corrected chi connectivity index (χ2v) is 4.28. The zero-order valence-corrected chi connectivity index (χ0v) is 7.70. The Hall–Kier alpha value is -0.630. The first-order chi connectivity index (χ1) is 5.53. The molecule has 0 aromatic heterocycles. The summed E-state index contributed by atoms with van der Waals surface area (Å²) in [5.41, 5.74) is -0.330. The Morgan fingerprint density at radius 1 is 1.42 bits per heavy atom. The lowest BCUT2D eigenvalue weighted by molar-refractivity contribution is -0.154. The lowest BCUT2D eigenvalue weighted by atomic mass is 9.75. The minimum absolute atomic E-state index is 0.00574. The number of carbonyl (C=O) groups excluding carboxylic acids is 1. The average Bonchev–Trinajstić information content (AvgIpc) is 2.46. The minimum atomic E-state index is -0.330. The van der Waals surface area contributed by atoms with Crippen molar-refractivity contribution in [2.45, 2.75) is 33.0 Å². The highest BCUT2D eigenvalue weighted by molar-refractivity contribution is 5.89. The summed E-state index contributed by atoms with van der Waals surface area (Å²) in [6.07, 6.45) is 4.08. The van der Waals surface area contributed by atoms with Gasteiger partial charge < -0.3 is 4.74 Å². The topological polar surface area (TPSA) is 26.3 Å². The number of rotatable bonds is 0. The molecule has 1 fully saturated rings. The first-order valence-electron chi connectivity index (χ1n) is 4.41. The Kier molecular flexibility index (Phi) is 1.46. The maximum atomic E-state index is 11.8. The molecule has 2 aliphatic heterocycles. The van der Waals surface area contributed by atoms with E-state index >= 15 is 0 Å². The molecule has 0 aromatic rings. The molecule has 2 nitrogen and oxygen atoms in total. The summed E-state index contributed by atoms with van der Waals surface area (Å²) < 4.78 is 5.66. The quantitative estimate of drug-likeness (QED) is 0.510. The molecule has 0 spiro atoms. The van der Waals surface area contributed by atoms with Gasteiger partial charge in [-0.3, -0.25) is 4.79 Å². The molecule has 0 radical (unpaired) electrons. The van der Waals surface area contributed by atoms with Crippen molar-refractivity contribution in [1.82, 2.24) is 0 Å². The van der Waals surface area contributed by atoms with Crippen molar-refractivity contribution in [3.63, 3.8) is 0 Å². The number of ketones is 1. The molecule has 0 N–H and O–H groups in total. The molecule has 0 amide bonds. The summed E-state index contributed by atoms with van der Waals surface area (Å²) in [7, 11) is 0. The molecule has 1 saturated heterocycles. The fourth-order valence-corrected chi connectivity index (χ4v) is 2.04. The van der Waals surface area contributed by atoms with E-state index in [1.54, 1.807) is 0 Å². The third-order valence-electron chi connectivity index (χ3n) is 3.03. The van der Waals surface area contributed by atoms with Gasteiger partial charge in [0.05, 0.1) is 17.6 Å². The van der Waals surface area contributed by atoms with Crippen molar-refractivity contribution in [3.8, 4) is 0 Å². The van der Waals surface area contributed by atoms with Gasteiger partial charge in [-0.1, -0.05) is 32.9 Å². The molecule has 0 aromatic carbocycles. The lowest BCUT2D eigenvalue weighted by Gasteiger charge is -2.38. The molecule has 66 valence electrons. The number of hydrogen-bond acceptors (Lipinski definition) is 2.